The largest absolute Gasteiger partial charge is 0.494 e. The van der Waals surface area contributed by atoms with E-state index in [2.05, 4.69) is 5.32 Å². The van der Waals surface area contributed by atoms with Crippen LogP contribution in [0, 0.1) is 6.92 Å². The van der Waals surface area contributed by atoms with Gasteiger partial charge in [-0.25, -0.2) is 8.42 Å². The van der Waals surface area contributed by atoms with Crippen LogP contribution in [-0.2, 0) is 26.2 Å². The molecule has 1 atom stereocenters. The highest BCUT2D eigenvalue weighted by molar-refractivity contribution is 7.92. The molecule has 0 fully saturated rings. The van der Waals surface area contributed by atoms with E-state index in [1.807, 2.05) is 58.9 Å². The number of nitrogens with zero attached hydrogens (tertiary/aromatic N) is 2. The number of anilines is 1. The SMILES string of the molecule is CCOc1ccc(N(CC(=O)N(Cc2ccc(C)cc2)C(CC)C(=O)NC(C)C)S(=O)(=O)c2ccc(Cl)cc2)cc1. The van der Waals surface area contributed by atoms with Crippen molar-refractivity contribution in [3.8, 4) is 5.75 Å². The summed E-state index contributed by atoms with van der Waals surface area (Å²) < 4.78 is 34.4. The van der Waals surface area contributed by atoms with Crippen molar-refractivity contribution in [1.29, 1.82) is 0 Å². The molecule has 0 saturated carbocycles. The van der Waals surface area contributed by atoms with E-state index >= 15 is 0 Å². The van der Waals surface area contributed by atoms with E-state index in [1.54, 1.807) is 24.3 Å². The highest BCUT2D eigenvalue weighted by Gasteiger charge is 2.33. The molecule has 0 saturated heterocycles. The summed E-state index contributed by atoms with van der Waals surface area (Å²) in [6.45, 7) is 9.42. The average Bonchev–Trinajstić information content (AvgIpc) is 2.93. The second-order valence-electron chi connectivity index (χ2n) is 9.99. The second-order valence-corrected chi connectivity index (χ2v) is 12.3. The third kappa shape index (κ3) is 8.47. The van der Waals surface area contributed by atoms with E-state index in [0.717, 1.165) is 15.4 Å². The fourth-order valence-electron chi connectivity index (χ4n) is 4.33. The van der Waals surface area contributed by atoms with Crippen molar-refractivity contribution in [2.24, 2.45) is 0 Å². The van der Waals surface area contributed by atoms with Crippen LogP contribution in [0.4, 0.5) is 5.69 Å². The first kappa shape index (κ1) is 32.0. The summed E-state index contributed by atoms with van der Waals surface area (Å²) in [5, 5.41) is 3.29. The minimum absolute atomic E-state index is 0.0155. The Bertz CT molecular complexity index is 1410. The van der Waals surface area contributed by atoms with Gasteiger partial charge in [-0.1, -0.05) is 48.4 Å². The zero-order chi connectivity index (χ0) is 30.2. The van der Waals surface area contributed by atoms with Crippen LogP contribution in [-0.4, -0.2) is 50.4 Å². The molecular formula is C31H38ClN3O5S. The van der Waals surface area contributed by atoms with E-state index in [0.29, 0.717) is 23.8 Å². The van der Waals surface area contributed by atoms with Crippen LogP contribution < -0.4 is 14.4 Å². The lowest BCUT2D eigenvalue weighted by Crippen LogP contribution is -2.53. The molecule has 3 rings (SSSR count). The summed E-state index contributed by atoms with van der Waals surface area (Å²) in [6.07, 6.45) is 0.350. The molecule has 1 N–H and O–H groups in total. The Morgan fingerprint density at radius 3 is 2.07 bits per heavy atom. The molecule has 10 heteroatoms. The fourth-order valence-corrected chi connectivity index (χ4v) is 5.87. The Morgan fingerprint density at radius 2 is 1.54 bits per heavy atom. The van der Waals surface area contributed by atoms with Gasteiger partial charge in [-0.15, -0.1) is 0 Å². The number of halogens is 1. The van der Waals surface area contributed by atoms with Crippen molar-refractivity contribution in [2.45, 2.75) is 64.6 Å². The molecule has 1 unspecified atom stereocenters. The lowest BCUT2D eigenvalue weighted by Gasteiger charge is -2.33. The molecule has 0 aliphatic heterocycles. The standard InChI is InChI=1S/C31H38ClN3O5S/c1-6-29(31(37)33-22(3)4)34(20-24-10-8-23(5)9-11-24)30(36)21-35(26-14-16-27(17-15-26)40-7-2)41(38,39)28-18-12-25(32)13-19-28/h8-19,22,29H,6-7,20-21H2,1-5H3,(H,33,37). The number of amides is 2. The van der Waals surface area contributed by atoms with E-state index < -0.39 is 28.5 Å². The first-order valence-electron chi connectivity index (χ1n) is 13.6. The molecule has 0 radical (unpaired) electrons. The zero-order valence-corrected chi connectivity index (χ0v) is 25.7. The highest BCUT2D eigenvalue weighted by Crippen LogP contribution is 2.27. The summed E-state index contributed by atoms with van der Waals surface area (Å²) in [7, 11) is -4.19. The maximum Gasteiger partial charge on any atom is 0.264 e. The van der Waals surface area contributed by atoms with E-state index in [9.17, 15) is 18.0 Å². The normalized spacial score (nSPS) is 12.1. The van der Waals surface area contributed by atoms with Gasteiger partial charge in [0.2, 0.25) is 11.8 Å². The first-order valence-corrected chi connectivity index (χ1v) is 15.4. The van der Waals surface area contributed by atoms with Crippen molar-refractivity contribution in [3.63, 3.8) is 0 Å². The molecule has 0 aliphatic rings. The van der Waals surface area contributed by atoms with Gasteiger partial charge in [0, 0.05) is 17.6 Å². The number of hydrogen-bond acceptors (Lipinski definition) is 5. The van der Waals surface area contributed by atoms with Gasteiger partial charge in [0.15, 0.2) is 0 Å². The Labute approximate surface area is 248 Å². The minimum Gasteiger partial charge on any atom is -0.494 e. The molecule has 0 heterocycles. The number of carbonyl (C=O) groups excluding carboxylic acids is 2. The summed E-state index contributed by atoms with van der Waals surface area (Å²) in [4.78, 5) is 28.7. The maximum absolute atomic E-state index is 14.1. The molecular weight excluding hydrogens is 562 g/mol. The summed E-state index contributed by atoms with van der Waals surface area (Å²) in [5.74, 6) is -0.234. The Morgan fingerprint density at radius 1 is 0.927 bits per heavy atom. The van der Waals surface area contributed by atoms with Gasteiger partial charge in [0.05, 0.1) is 17.2 Å². The maximum atomic E-state index is 14.1. The quantitative estimate of drug-likeness (QED) is 0.277. The molecule has 41 heavy (non-hydrogen) atoms. The lowest BCUT2D eigenvalue weighted by atomic mass is 10.1. The zero-order valence-electron chi connectivity index (χ0n) is 24.1. The third-order valence-electron chi connectivity index (χ3n) is 6.41. The molecule has 2 amide bonds. The van der Waals surface area contributed by atoms with E-state index in [-0.39, 0.29) is 29.1 Å². The molecule has 8 nitrogen and oxygen atoms in total. The van der Waals surface area contributed by atoms with Crippen LogP contribution in [0.2, 0.25) is 5.02 Å². The van der Waals surface area contributed by atoms with Gasteiger partial charge in [0.25, 0.3) is 10.0 Å². The predicted molar refractivity (Wildman–Crippen MR) is 163 cm³/mol. The predicted octanol–water partition coefficient (Wildman–Crippen LogP) is 5.57. The van der Waals surface area contributed by atoms with Gasteiger partial charge >= 0.3 is 0 Å². The van der Waals surface area contributed by atoms with Gasteiger partial charge in [-0.05, 0) is 88.2 Å². The fraction of sp³-hybridized carbons (Fsp3) is 0.355. The number of carbonyl (C=O) groups is 2. The van der Waals surface area contributed by atoms with Gasteiger partial charge in [0.1, 0.15) is 18.3 Å². The van der Waals surface area contributed by atoms with Gasteiger partial charge in [-0.3, -0.25) is 13.9 Å². The summed E-state index contributed by atoms with van der Waals surface area (Å²) in [6, 6.07) is 19.0. The van der Waals surface area contributed by atoms with Crippen molar-refractivity contribution in [3.05, 3.63) is 88.9 Å². The molecule has 0 aliphatic carbocycles. The lowest BCUT2D eigenvalue weighted by molar-refractivity contribution is -0.140. The number of sulfonamides is 1. The van der Waals surface area contributed by atoms with Crippen LogP contribution in [0.5, 0.6) is 5.75 Å². The number of rotatable bonds is 13. The number of hydrogen-bond donors (Lipinski definition) is 1. The molecule has 0 bridgehead atoms. The van der Waals surface area contributed by atoms with Crippen molar-refractivity contribution < 1.29 is 22.7 Å². The number of ether oxygens (including phenoxy) is 1. The van der Waals surface area contributed by atoms with Gasteiger partial charge in [-0.2, -0.15) is 0 Å². The van der Waals surface area contributed by atoms with Crippen LogP contribution in [0.1, 0.15) is 45.2 Å². The average molecular weight is 600 g/mol. The highest BCUT2D eigenvalue weighted by atomic mass is 35.5. The first-order chi connectivity index (χ1) is 19.5. The Hall–Kier alpha value is -3.56. The molecule has 220 valence electrons. The molecule has 3 aromatic carbocycles. The Balaban J connectivity index is 2.06. The Kier molecular flexibility index (Phi) is 11.2. The summed E-state index contributed by atoms with van der Waals surface area (Å²) >= 11 is 6.01. The van der Waals surface area contributed by atoms with Crippen LogP contribution >= 0.6 is 11.6 Å². The minimum atomic E-state index is -4.19. The van der Waals surface area contributed by atoms with Crippen LogP contribution in [0.25, 0.3) is 0 Å². The second kappa shape index (κ2) is 14.4. The van der Waals surface area contributed by atoms with E-state index in [1.165, 1.54) is 29.2 Å². The number of nitrogens with one attached hydrogen (secondary N) is 1. The van der Waals surface area contributed by atoms with Crippen molar-refractivity contribution >= 4 is 39.1 Å². The third-order valence-corrected chi connectivity index (χ3v) is 8.45. The van der Waals surface area contributed by atoms with Crippen molar-refractivity contribution in [2.75, 3.05) is 17.5 Å². The molecule has 0 spiro atoms. The summed E-state index contributed by atoms with van der Waals surface area (Å²) in [5.41, 5.74) is 2.17. The van der Waals surface area contributed by atoms with Crippen LogP contribution in [0.15, 0.2) is 77.7 Å². The topological polar surface area (TPSA) is 96.0 Å². The van der Waals surface area contributed by atoms with Gasteiger partial charge < -0.3 is 15.0 Å². The smallest absolute Gasteiger partial charge is 0.264 e. The van der Waals surface area contributed by atoms with E-state index in [4.69, 9.17) is 16.3 Å². The monoisotopic (exact) mass is 599 g/mol. The molecule has 0 aromatic heterocycles. The number of benzene rings is 3. The van der Waals surface area contributed by atoms with Crippen LogP contribution in [0.3, 0.4) is 0 Å². The molecule has 3 aromatic rings. The number of aryl methyl sites for hydroxylation is 1. The van der Waals surface area contributed by atoms with Crippen molar-refractivity contribution in [1.82, 2.24) is 10.2 Å².